The van der Waals surface area contributed by atoms with Crippen molar-refractivity contribution in [3.8, 4) is 6.07 Å². The maximum Gasteiger partial charge on any atom is 0.338 e. The Morgan fingerprint density at radius 3 is 2.24 bits per heavy atom. The first kappa shape index (κ1) is 17.7. The number of amides is 2. The average Bonchev–Trinajstić information content (AvgIpc) is 2.62. The van der Waals surface area contributed by atoms with E-state index in [1.165, 1.54) is 30.3 Å². The second-order valence-corrected chi connectivity index (χ2v) is 4.90. The van der Waals surface area contributed by atoms with Crippen LogP contribution in [-0.4, -0.2) is 24.4 Å². The third-order valence-corrected chi connectivity index (χ3v) is 3.11. The van der Waals surface area contributed by atoms with Gasteiger partial charge in [0.15, 0.2) is 0 Å². The van der Waals surface area contributed by atoms with Crippen LogP contribution in [0.5, 0.6) is 0 Å². The van der Waals surface area contributed by atoms with Gasteiger partial charge in [0, 0.05) is 11.4 Å². The van der Waals surface area contributed by atoms with Crippen molar-refractivity contribution in [2.75, 3.05) is 17.2 Å². The van der Waals surface area contributed by atoms with E-state index in [1.807, 2.05) is 6.07 Å². The molecule has 0 aliphatic heterocycles. The van der Waals surface area contributed by atoms with Crippen LogP contribution in [0.1, 0.15) is 22.8 Å². The van der Waals surface area contributed by atoms with Crippen LogP contribution in [0.3, 0.4) is 0 Å². The van der Waals surface area contributed by atoms with Crippen molar-refractivity contribution in [2.45, 2.75) is 6.92 Å². The van der Waals surface area contributed by atoms with Gasteiger partial charge in [-0.25, -0.2) is 4.79 Å². The van der Waals surface area contributed by atoms with E-state index in [0.29, 0.717) is 22.5 Å². The van der Waals surface area contributed by atoms with E-state index in [2.05, 4.69) is 10.6 Å². The van der Waals surface area contributed by atoms with E-state index < -0.39 is 17.8 Å². The number of hydrogen-bond donors (Lipinski definition) is 2. The summed E-state index contributed by atoms with van der Waals surface area (Å²) in [5.41, 5.74) is 1.42. The lowest BCUT2D eigenvalue weighted by molar-refractivity contribution is -0.132. The van der Waals surface area contributed by atoms with Crippen molar-refractivity contribution in [1.82, 2.24) is 0 Å². The summed E-state index contributed by atoms with van der Waals surface area (Å²) < 4.78 is 4.86. The minimum Gasteiger partial charge on any atom is -0.462 e. The predicted molar refractivity (Wildman–Crippen MR) is 90.8 cm³/mol. The van der Waals surface area contributed by atoms with Gasteiger partial charge in [0.1, 0.15) is 0 Å². The largest absolute Gasteiger partial charge is 0.462 e. The highest BCUT2D eigenvalue weighted by molar-refractivity contribution is 6.43. The van der Waals surface area contributed by atoms with Gasteiger partial charge in [0.25, 0.3) is 0 Å². The molecular formula is C18H15N3O4. The highest BCUT2D eigenvalue weighted by atomic mass is 16.5. The number of ether oxygens (including phenoxy) is 1. The minimum absolute atomic E-state index is 0.268. The van der Waals surface area contributed by atoms with Crippen LogP contribution in [0.15, 0.2) is 48.5 Å². The lowest BCUT2D eigenvalue weighted by Crippen LogP contribution is -2.29. The van der Waals surface area contributed by atoms with E-state index >= 15 is 0 Å². The molecule has 7 heteroatoms. The third kappa shape index (κ3) is 4.91. The van der Waals surface area contributed by atoms with Crippen molar-refractivity contribution in [3.05, 3.63) is 59.7 Å². The number of carbonyl (C=O) groups excluding carboxylic acids is 3. The fraction of sp³-hybridized carbons (Fsp3) is 0.111. The summed E-state index contributed by atoms with van der Waals surface area (Å²) in [5.74, 6) is -2.20. The van der Waals surface area contributed by atoms with Gasteiger partial charge in [-0.1, -0.05) is 6.07 Å². The number of hydrogen-bond acceptors (Lipinski definition) is 5. The van der Waals surface area contributed by atoms with Crippen LogP contribution in [0.4, 0.5) is 11.4 Å². The summed E-state index contributed by atoms with van der Waals surface area (Å²) in [4.78, 5) is 35.4. The number of nitrogens with zero attached hydrogens (tertiary/aromatic N) is 1. The molecule has 0 unspecified atom stereocenters. The van der Waals surface area contributed by atoms with Crippen LogP contribution in [0, 0.1) is 11.3 Å². The molecule has 25 heavy (non-hydrogen) atoms. The molecule has 0 saturated heterocycles. The highest BCUT2D eigenvalue weighted by Crippen LogP contribution is 2.12. The minimum atomic E-state index is -0.871. The van der Waals surface area contributed by atoms with Crippen molar-refractivity contribution < 1.29 is 19.1 Å². The molecule has 0 fully saturated rings. The summed E-state index contributed by atoms with van der Waals surface area (Å²) in [6.45, 7) is 1.97. The summed E-state index contributed by atoms with van der Waals surface area (Å²) in [7, 11) is 0. The van der Waals surface area contributed by atoms with Crippen LogP contribution in [0.2, 0.25) is 0 Å². The van der Waals surface area contributed by atoms with E-state index in [1.54, 1.807) is 25.1 Å². The summed E-state index contributed by atoms with van der Waals surface area (Å²) in [5, 5.41) is 13.6. The molecule has 0 bridgehead atoms. The lowest BCUT2D eigenvalue weighted by atomic mass is 10.2. The molecule has 2 aromatic rings. The quantitative estimate of drug-likeness (QED) is 0.657. The Balaban J connectivity index is 1.97. The molecule has 0 radical (unpaired) electrons. The molecule has 2 N–H and O–H groups in total. The number of carbonyl (C=O) groups is 3. The van der Waals surface area contributed by atoms with Gasteiger partial charge in [0.2, 0.25) is 0 Å². The van der Waals surface area contributed by atoms with Gasteiger partial charge in [-0.2, -0.15) is 5.26 Å². The first-order chi connectivity index (χ1) is 12.0. The SMILES string of the molecule is CCOC(=O)c1ccc(NC(=O)C(=O)Nc2cccc(C#N)c2)cc1. The second-order valence-electron chi connectivity index (χ2n) is 4.90. The van der Waals surface area contributed by atoms with Gasteiger partial charge < -0.3 is 15.4 Å². The van der Waals surface area contributed by atoms with Crippen LogP contribution >= 0.6 is 0 Å². The van der Waals surface area contributed by atoms with Gasteiger partial charge in [-0.3, -0.25) is 9.59 Å². The fourth-order valence-electron chi connectivity index (χ4n) is 1.95. The Bertz CT molecular complexity index is 838. The van der Waals surface area contributed by atoms with Crippen LogP contribution < -0.4 is 10.6 Å². The standard InChI is InChI=1S/C18H15N3O4/c1-2-25-18(24)13-6-8-14(9-7-13)20-16(22)17(23)21-15-5-3-4-12(10-15)11-19/h3-10H,2H2,1H3,(H,20,22)(H,21,23). The summed E-state index contributed by atoms with van der Waals surface area (Å²) >= 11 is 0. The maximum atomic E-state index is 11.9. The molecule has 0 aliphatic carbocycles. The van der Waals surface area contributed by atoms with Crippen molar-refractivity contribution in [1.29, 1.82) is 5.26 Å². The van der Waals surface area contributed by atoms with E-state index in [4.69, 9.17) is 10.00 Å². The molecule has 0 spiro atoms. The van der Waals surface area contributed by atoms with Gasteiger partial charge in [-0.15, -0.1) is 0 Å². The van der Waals surface area contributed by atoms with E-state index in [0.717, 1.165) is 0 Å². The monoisotopic (exact) mass is 337 g/mol. The molecule has 0 heterocycles. The Morgan fingerprint density at radius 1 is 1.00 bits per heavy atom. The fourth-order valence-corrected chi connectivity index (χ4v) is 1.95. The smallest absolute Gasteiger partial charge is 0.338 e. The Kier molecular flexibility index (Phi) is 5.85. The number of esters is 1. The zero-order valence-corrected chi connectivity index (χ0v) is 13.4. The molecule has 7 nitrogen and oxygen atoms in total. The normalized spacial score (nSPS) is 9.60. The molecule has 2 aromatic carbocycles. The first-order valence-corrected chi connectivity index (χ1v) is 7.43. The molecule has 0 atom stereocenters. The Hall–Kier alpha value is -3.66. The summed E-state index contributed by atoms with van der Waals surface area (Å²) in [6, 6.07) is 14.1. The van der Waals surface area contributed by atoms with E-state index in [9.17, 15) is 14.4 Å². The number of benzene rings is 2. The number of anilines is 2. The Morgan fingerprint density at radius 2 is 1.64 bits per heavy atom. The van der Waals surface area contributed by atoms with Crippen LogP contribution in [-0.2, 0) is 14.3 Å². The average molecular weight is 337 g/mol. The number of rotatable bonds is 4. The lowest BCUT2D eigenvalue weighted by Gasteiger charge is -2.07. The summed E-state index contributed by atoms with van der Waals surface area (Å²) in [6.07, 6.45) is 0. The predicted octanol–water partition coefficient (Wildman–Crippen LogP) is 2.31. The highest BCUT2D eigenvalue weighted by Gasteiger charge is 2.14. The zero-order chi connectivity index (χ0) is 18.2. The zero-order valence-electron chi connectivity index (χ0n) is 13.4. The van der Waals surface area contributed by atoms with Gasteiger partial charge in [0.05, 0.1) is 23.8 Å². The van der Waals surface area contributed by atoms with Crippen LogP contribution in [0.25, 0.3) is 0 Å². The molecule has 0 aliphatic rings. The second kappa shape index (κ2) is 8.26. The van der Waals surface area contributed by atoms with Crippen molar-refractivity contribution in [2.24, 2.45) is 0 Å². The Labute approximate surface area is 144 Å². The molecule has 2 rings (SSSR count). The molecule has 2 amide bonds. The van der Waals surface area contributed by atoms with Gasteiger partial charge in [-0.05, 0) is 49.4 Å². The number of nitrogens with one attached hydrogen (secondary N) is 2. The topological polar surface area (TPSA) is 108 Å². The van der Waals surface area contributed by atoms with E-state index in [-0.39, 0.29) is 6.61 Å². The molecule has 0 saturated carbocycles. The first-order valence-electron chi connectivity index (χ1n) is 7.43. The van der Waals surface area contributed by atoms with Crippen molar-refractivity contribution >= 4 is 29.2 Å². The van der Waals surface area contributed by atoms with Gasteiger partial charge >= 0.3 is 17.8 Å². The number of nitriles is 1. The van der Waals surface area contributed by atoms with Crippen molar-refractivity contribution in [3.63, 3.8) is 0 Å². The maximum absolute atomic E-state index is 11.9. The molecular weight excluding hydrogens is 322 g/mol. The third-order valence-electron chi connectivity index (χ3n) is 3.11. The molecule has 0 aromatic heterocycles. The molecule has 126 valence electrons.